The van der Waals surface area contributed by atoms with Gasteiger partial charge < -0.3 is 5.32 Å². The standard InChI is InChI=1S/C16H20N2O3S/c1-2-17-22(20,21)14-7-5-13(6-8-14)18-16(19)15-10-11-3-4-12(15)9-11/h3-8,11-12,15,17H,2,9-10H2,1H3,(H,18,19)/t11-,12-,15+/m1/s1. The Hall–Kier alpha value is -1.66. The first-order valence-electron chi connectivity index (χ1n) is 7.58. The Morgan fingerprint density at radius 3 is 2.45 bits per heavy atom. The molecule has 0 aromatic heterocycles. The Kier molecular flexibility index (Phi) is 4.06. The molecule has 2 aliphatic carbocycles. The van der Waals surface area contributed by atoms with Gasteiger partial charge in [0.25, 0.3) is 0 Å². The van der Waals surface area contributed by atoms with E-state index in [2.05, 4.69) is 22.2 Å². The van der Waals surface area contributed by atoms with E-state index in [9.17, 15) is 13.2 Å². The van der Waals surface area contributed by atoms with Crippen LogP contribution in [0.15, 0.2) is 41.3 Å². The van der Waals surface area contributed by atoms with E-state index in [1.165, 1.54) is 12.1 Å². The first-order chi connectivity index (χ1) is 10.5. The fourth-order valence-electron chi connectivity index (χ4n) is 3.31. The summed E-state index contributed by atoms with van der Waals surface area (Å²) in [5, 5.41) is 2.89. The van der Waals surface area contributed by atoms with Gasteiger partial charge in [0, 0.05) is 18.2 Å². The van der Waals surface area contributed by atoms with Gasteiger partial charge >= 0.3 is 0 Å². The molecular formula is C16H20N2O3S. The first-order valence-corrected chi connectivity index (χ1v) is 9.07. The van der Waals surface area contributed by atoms with Crippen molar-refractivity contribution < 1.29 is 13.2 Å². The quantitative estimate of drug-likeness (QED) is 0.816. The van der Waals surface area contributed by atoms with Gasteiger partial charge in [0.05, 0.1) is 4.90 Å². The molecule has 5 nitrogen and oxygen atoms in total. The van der Waals surface area contributed by atoms with Gasteiger partial charge in [-0.25, -0.2) is 13.1 Å². The molecule has 1 amide bonds. The van der Waals surface area contributed by atoms with E-state index in [-0.39, 0.29) is 16.7 Å². The Bertz CT molecular complexity index is 695. The number of carbonyl (C=O) groups excluding carboxylic acids is 1. The zero-order valence-electron chi connectivity index (χ0n) is 12.5. The summed E-state index contributed by atoms with van der Waals surface area (Å²) in [6.45, 7) is 2.08. The van der Waals surface area contributed by atoms with Crippen LogP contribution in [-0.4, -0.2) is 20.9 Å². The number of carbonyl (C=O) groups is 1. The van der Waals surface area contributed by atoms with Crippen LogP contribution in [0.25, 0.3) is 0 Å². The second-order valence-electron chi connectivity index (χ2n) is 5.90. The minimum absolute atomic E-state index is 0.0270. The number of benzene rings is 1. The topological polar surface area (TPSA) is 75.3 Å². The van der Waals surface area contributed by atoms with Crippen LogP contribution < -0.4 is 10.0 Å². The molecule has 0 saturated heterocycles. The smallest absolute Gasteiger partial charge is 0.240 e. The second kappa shape index (κ2) is 5.85. The van der Waals surface area contributed by atoms with Crippen molar-refractivity contribution in [3.8, 4) is 0 Å². The molecule has 3 atom stereocenters. The zero-order valence-corrected chi connectivity index (χ0v) is 13.3. The highest BCUT2D eigenvalue weighted by atomic mass is 32.2. The number of hydrogen-bond donors (Lipinski definition) is 2. The highest BCUT2D eigenvalue weighted by molar-refractivity contribution is 7.89. The maximum atomic E-state index is 12.3. The van der Waals surface area contributed by atoms with Gasteiger partial charge in [0.2, 0.25) is 15.9 Å². The third kappa shape index (κ3) is 2.94. The van der Waals surface area contributed by atoms with Crippen LogP contribution in [0.3, 0.4) is 0 Å². The Morgan fingerprint density at radius 1 is 1.18 bits per heavy atom. The lowest BCUT2D eigenvalue weighted by Gasteiger charge is -2.17. The zero-order chi connectivity index (χ0) is 15.7. The van der Waals surface area contributed by atoms with Crippen LogP contribution in [0, 0.1) is 17.8 Å². The van der Waals surface area contributed by atoms with Gasteiger partial charge in [-0.2, -0.15) is 0 Å². The minimum Gasteiger partial charge on any atom is -0.326 e. The van der Waals surface area contributed by atoms with E-state index in [1.807, 2.05) is 0 Å². The predicted octanol–water partition coefficient (Wildman–Crippen LogP) is 2.14. The third-order valence-electron chi connectivity index (χ3n) is 4.38. The number of allylic oxidation sites excluding steroid dienone is 2. The molecule has 2 N–H and O–H groups in total. The fourth-order valence-corrected chi connectivity index (χ4v) is 4.35. The molecule has 6 heteroatoms. The van der Waals surface area contributed by atoms with Gasteiger partial charge in [-0.1, -0.05) is 19.1 Å². The predicted molar refractivity (Wildman–Crippen MR) is 84.8 cm³/mol. The number of fused-ring (bicyclic) bond motifs is 2. The molecule has 0 radical (unpaired) electrons. The number of nitrogens with one attached hydrogen (secondary N) is 2. The van der Waals surface area contributed by atoms with Crippen molar-refractivity contribution in [1.29, 1.82) is 0 Å². The average molecular weight is 320 g/mol. The van der Waals surface area contributed by atoms with E-state index in [0.717, 1.165) is 12.8 Å². The Morgan fingerprint density at radius 2 is 1.91 bits per heavy atom. The summed E-state index contributed by atoms with van der Waals surface area (Å²) in [4.78, 5) is 12.5. The summed E-state index contributed by atoms with van der Waals surface area (Å²) >= 11 is 0. The van der Waals surface area contributed by atoms with Gasteiger partial charge in [0.1, 0.15) is 0 Å². The molecule has 3 rings (SSSR count). The van der Waals surface area contributed by atoms with Crippen LogP contribution in [0.1, 0.15) is 19.8 Å². The van der Waals surface area contributed by atoms with Crippen LogP contribution in [0.4, 0.5) is 5.69 Å². The number of sulfonamides is 1. The van der Waals surface area contributed by atoms with Crippen LogP contribution in [0.5, 0.6) is 0 Å². The highest BCUT2D eigenvalue weighted by Crippen LogP contribution is 2.43. The van der Waals surface area contributed by atoms with Crippen LogP contribution >= 0.6 is 0 Å². The average Bonchev–Trinajstić information content (AvgIpc) is 3.10. The Balaban J connectivity index is 1.66. The van der Waals surface area contributed by atoms with Crippen molar-refractivity contribution in [3.05, 3.63) is 36.4 Å². The van der Waals surface area contributed by atoms with Crippen molar-refractivity contribution in [1.82, 2.24) is 4.72 Å². The number of anilines is 1. The summed E-state index contributed by atoms with van der Waals surface area (Å²) in [6.07, 6.45) is 6.34. The SMILES string of the molecule is CCNS(=O)(=O)c1ccc(NC(=O)[C@H]2C[C@@H]3C=C[C@@H]2C3)cc1. The summed E-state index contributed by atoms with van der Waals surface area (Å²) in [6, 6.07) is 6.28. The molecular weight excluding hydrogens is 300 g/mol. The number of amides is 1. The second-order valence-corrected chi connectivity index (χ2v) is 7.67. The molecule has 2 bridgehead atoms. The molecule has 2 aliphatic rings. The molecule has 0 aliphatic heterocycles. The Labute approximate surface area is 130 Å². The highest BCUT2D eigenvalue weighted by Gasteiger charge is 2.39. The van der Waals surface area contributed by atoms with Gasteiger partial charge in [-0.05, 0) is 48.9 Å². The van der Waals surface area contributed by atoms with E-state index >= 15 is 0 Å². The minimum atomic E-state index is -3.45. The molecule has 118 valence electrons. The normalized spacial score (nSPS) is 26.3. The lowest BCUT2D eigenvalue weighted by Crippen LogP contribution is -2.26. The van der Waals surface area contributed by atoms with Crippen molar-refractivity contribution in [2.45, 2.75) is 24.7 Å². The van der Waals surface area contributed by atoms with Crippen LogP contribution in [0.2, 0.25) is 0 Å². The molecule has 1 aromatic carbocycles. The summed E-state index contributed by atoms with van der Waals surface area (Å²) in [5.41, 5.74) is 0.632. The van der Waals surface area contributed by atoms with Crippen molar-refractivity contribution >= 4 is 21.6 Å². The van der Waals surface area contributed by atoms with Crippen LogP contribution in [-0.2, 0) is 14.8 Å². The lowest BCUT2D eigenvalue weighted by molar-refractivity contribution is -0.120. The van der Waals surface area contributed by atoms with Crippen molar-refractivity contribution in [2.75, 3.05) is 11.9 Å². The summed E-state index contributed by atoms with van der Waals surface area (Å²) < 4.78 is 26.1. The van der Waals surface area contributed by atoms with Crippen molar-refractivity contribution in [3.63, 3.8) is 0 Å². The maximum Gasteiger partial charge on any atom is 0.240 e. The van der Waals surface area contributed by atoms with E-state index in [4.69, 9.17) is 0 Å². The molecule has 22 heavy (non-hydrogen) atoms. The molecule has 1 saturated carbocycles. The van der Waals surface area contributed by atoms with E-state index in [0.29, 0.717) is 24.1 Å². The van der Waals surface area contributed by atoms with Gasteiger partial charge in [0.15, 0.2) is 0 Å². The molecule has 1 aromatic rings. The van der Waals surface area contributed by atoms with E-state index < -0.39 is 10.0 Å². The molecule has 0 spiro atoms. The first kappa shape index (κ1) is 15.2. The monoisotopic (exact) mass is 320 g/mol. The van der Waals surface area contributed by atoms with Gasteiger partial charge in [-0.3, -0.25) is 4.79 Å². The largest absolute Gasteiger partial charge is 0.326 e. The number of hydrogen-bond acceptors (Lipinski definition) is 3. The number of rotatable bonds is 5. The van der Waals surface area contributed by atoms with Crippen molar-refractivity contribution in [2.24, 2.45) is 17.8 Å². The molecule has 0 heterocycles. The fraction of sp³-hybridized carbons (Fsp3) is 0.438. The third-order valence-corrected chi connectivity index (χ3v) is 5.94. The molecule has 0 unspecified atom stereocenters. The summed E-state index contributed by atoms with van der Waals surface area (Å²) in [7, 11) is -3.45. The summed E-state index contributed by atoms with van der Waals surface area (Å²) in [5.74, 6) is 0.978. The van der Waals surface area contributed by atoms with Gasteiger partial charge in [-0.15, -0.1) is 0 Å². The molecule has 1 fully saturated rings. The lowest BCUT2D eigenvalue weighted by atomic mass is 9.93. The van der Waals surface area contributed by atoms with E-state index in [1.54, 1.807) is 19.1 Å². The maximum absolute atomic E-state index is 12.3.